The Morgan fingerprint density at radius 2 is 1.37 bits per heavy atom. The summed E-state index contributed by atoms with van der Waals surface area (Å²) in [7, 11) is 3.02. The molecule has 0 saturated heterocycles. The lowest BCUT2D eigenvalue weighted by atomic mass is 10.1. The molecule has 0 aromatic heterocycles. The molecule has 6 nitrogen and oxygen atoms in total. The van der Waals surface area contributed by atoms with Crippen LogP contribution in [0.15, 0.2) is 60.7 Å². The number of nitrogens with one attached hydrogen (secondary N) is 2. The standard InChI is InChI=1S/C22H18Cl2N2O4/c1-29-17-8-13(9-18(12-17)30-2)21(27)25-15-4-3-5-16(11-15)26-22(28)19-7-6-14(23)10-20(19)24/h3-12H,1-2H3,(H,25,27)(H,26,28). The fourth-order valence-corrected chi connectivity index (χ4v) is 3.18. The van der Waals surface area contributed by atoms with Crippen LogP contribution in [0.3, 0.4) is 0 Å². The van der Waals surface area contributed by atoms with E-state index in [1.54, 1.807) is 54.6 Å². The highest BCUT2D eigenvalue weighted by Gasteiger charge is 2.13. The van der Waals surface area contributed by atoms with Gasteiger partial charge in [-0.15, -0.1) is 0 Å². The van der Waals surface area contributed by atoms with Crippen molar-refractivity contribution in [1.29, 1.82) is 0 Å². The molecule has 0 bridgehead atoms. The molecule has 30 heavy (non-hydrogen) atoms. The smallest absolute Gasteiger partial charge is 0.257 e. The molecular formula is C22H18Cl2N2O4. The minimum Gasteiger partial charge on any atom is -0.497 e. The van der Waals surface area contributed by atoms with Crippen molar-refractivity contribution in [2.75, 3.05) is 24.9 Å². The Balaban J connectivity index is 1.75. The topological polar surface area (TPSA) is 76.7 Å². The lowest BCUT2D eigenvalue weighted by Crippen LogP contribution is -2.14. The van der Waals surface area contributed by atoms with Gasteiger partial charge in [-0.2, -0.15) is 0 Å². The lowest BCUT2D eigenvalue weighted by molar-refractivity contribution is 0.101. The summed E-state index contributed by atoms with van der Waals surface area (Å²) >= 11 is 12.0. The number of hydrogen-bond acceptors (Lipinski definition) is 4. The summed E-state index contributed by atoms with van der Waals surface area (Å²) in [5.41, 5.74) is 1.65. The number of carbonyl (C=O) groups excluding carboxylic acids is 2. The summed E-state index contributed by atoms with van der Waals surface area (Å²) in [6, 6.07) is 16.3. The number of benzene rings is 3. The molecule has 0 radical (unpaired) electrons. The maximum atomic E-state index is 12.6. The zero-order valence-corrected chi connectivity index (χ0v) is 17.7. The summed E-state index contributed by atoms with van der Waals surface area (Å²) in [6.07, 6.45) is 0. The number of amides is 2. The van der Waals surface area contributed by atoms with E-state index in [1.165, 1.54) is 20.3 Å². The van der Waals surface area contributed by atoms with E-state index in [9.17, 15) is 9.59 Å². The Labute approximate surface area is 183 Å². The molecule has 2 amide bonds. The van der Waals surface area contributed by atoms with Gasteiger partial charge in [-0.1, -0.05) is 29.3 Å². The van der Waals surface area contributed by atoms with Gasteiger partial charge >= 0.3 is 0 Å². The summed E-state index contributed by atoms with van der Waals surface area (Å²) < 4.78 is 10.4. The maximum absolute atomic E-state index is 12.6. The van der Waals surface area contributed by atoms with Crippen LogP contribution in [0.1, 0.15) is 20.7 Å². The van der Waals surface area contributed by atoms with Gasteiger partial charge in [0, 0.05) is 28.0 Å². The van der Waals surface area contributed by atoms with Gasteiger partial charge in [0.2, 0.25) is 0 Å². The van der Waals surface area contributed by atoms with Crippen molar-refractivity contribution in [3.05, 3.63) is 81.8 Å². The van der Waals surface area contributed by atoms with Gasteiger partial charge in [0.25, 0.3) is 11.8 Å². The zero-order chi connectivity index (χ0) is 21.7. The van der Waals surface area contributed by atoms with Crippen molar-refractivity contribution in [1.82, 2.24) is 0 Å². The van der Waals surface area contributed by atoms with Crippen LogP contribution >= 0.6 is 23.2 Å². The van der Waals surface area contributed by atoms with Crippen LogP contribution in [-0.4, -0.2) is 26.0 Å². The highest BCUT2D eigenvalue weighted by Crippen LogP contribution is 2.25. The van der Waals surface area contributed by atoms with E-state index in [0.717, 1.165) is 0 Å². The summed E-state index contributed by atoms with van der Waals surface area (Å²) in [5, 5.41) is 6.23. The largest absolute Gasteiger partial charge is 0.497 e. The molecule has 0 spiro atoms. The Kier molecular flexibility index (Phi) is 6.82. The van der Waals surface area contributed by atoms with E-state index in [4.69, 9.17) is 32.7 Å². The van der Waals surface area contributed by atoms with Crippen LogP contribution in [-0.2, 0) is 0 Å². The van der Waals surface area contributed by atoms with Gasteiger partial charge in [0.15, 0.2) is 0 Å². The average molecular weight is 445 g/mol. The molecule has 0 saturated carbocycles. The SMILES string of the molecule is COc1cc(OC)cc(C(=O)Nc2cccc(NC(=O)c3ccc(Cl)cc3Cl)c2)c1. The van der Waals surface area contributed by atoms with Gasteiger partial charge in [0.05, 0.1) is 24.8 Å². The molecule has 0 heterocycles. The molecule has 8 heteroatoms. The van der Waals surface area contributed by atoms with E-state index >= 15 is 0 Å². The molecule has 0 aliphatic carbocycles. The number of ether oxygens (including phenoxy) is 2. The third-order valence-corrected chi connectivity index (χ3v) is 4.72. The van der Waals surface area contributed by atoms with Crippen LogP contribution in [0.2, 0.25) is 10.0 Å². The van der Waals surface area contributed by atoms with E-state index in [2.05, 4.69) is 10.6 Å². The normalized spacial score (nSPS) is 10.3. The Bertz CT molecular complexity index is 1080. The molecule has 0 atom stereocenters. The van der Waals surface area contributed by atoms with Crippen molar-refractivity contribution in [2.45, 2.75) is 0 Å². The van der Waals surface area contributed by atoms with Gasteiger partial charge in [0.1, 0.15) is 11.5 Å². The Hall–Kier alpha value is -3.22. The van der Waals surface area contributed by atoms with Crippen LogP contribution < -0.4 is 20.1 Å². The molecule has 154 valence electrons. The number of anilines is 2. The minimum atomic E-state index is -0.391. The highest BCUT2D eigenvalue weighted by atomic mass is 35.5. The second-order valence-electron chi connectivity index (χ2n) is 6.21. The fourth-order valence-electron chi connectivity index (χ4n) is 2.69. The first-order valence-electron chi connectivity index (χ1n) is 8.80. The molecule has 0 aliphatic rings. The Morgan fingerprint density at radius 3 is 1.93 bits per heavy atom. The second kappa shape index (κ2) is 9.52. The quantitative estimate of drug-likeness (QED) is 0.524. The number of hydrogen-bond donors (Lipinski definition) is 2. The first-order chi connectivity index (χ1) is 14.4. The molecule has 3 aromatic carbocycles. The van der Waals surface area contributed by atoms with Crippen molar-refractivity contribution in [3.8, 4) is 11.5 Å². The molecule has 0 unspecified atom stereocenters. The van der Waals surface area contributed by atoms with Crippen LogP contribution in [0, 0.1) is 0 Å². The number of carbonyl (C=O) groups is 2. The summed E-state index contributed by atoms with van der Waals surface area (Å²) in [4.78, 5) is 25.1. The molecule has 3 aromatic rings. The number of methoxy groups -OCH3 is 2. The second-order valence-corrected chi connectivity index (χ2v) is 7.06. The van der Waals surface area contributed by atoms with E-state index in [-0.39, 0.29) is 10.9 Å². The van der Waals surface area contributed by atoms with Gasteiger partial charge in [-0.25, -0.2) is 0 Å². The van der Waals surface area contributed by atoms with Crippen molar-refractivity contribution < 1.29 is 19.1 Å². The van der Waals surface area contributed by atoms with E-state index in [1.807, 2.05) is 0 Å². The van der Waals surface area contributed by atoms with Gasteiger partial charge in [-0.05, 0) is 48.5 Å². The molecule has 3 rings (SSSR count). The predicted molar refractivity (Wildman–Crippen MR) is 118 cm³/mol. The average Bonchev–Trinajstić information content (AvgIpc) is 2.73. The lowest BCUT2D eigenvalue weighted by Gasteiger charge is -2.11. The fraction of sp³-hybridized carbons (Fsp3) is 0.0909. The zero-order valence-electron chi connectivity index (χ0n) is 16.2. The number of rotatable bonds is 6. The van der Waals surface area contributed by atoms with Gasteiger partial charge < -0.3 is 20.1 Å². The van der Waals surface area contributed by atoms with Crippen LogP contribution in [0.4, 0.5) is 11.4 Å². The molecule has 0 fully saturated rings. The van der Waals surface area contributed by atoms with Crippen LogP contribution in [0.5, 0.6) is 11.5 Å². The highest BCUT2D eigenvalue weighted by molar-refractivity contribution is 6.37. The number of halogens is 2. The third-order valence-electron chi connectivity index (χ3n) is 4.17. The first kappa shape index (κ1) is 21.5. The van der Waals surface area contributed by atoms with Crippen molar-refractivity contribution in [3.63, 3.8) is 0 Å². The minimum absolute atomic E-state index is 0.247. The molecular weight excluding hydrogens is 427 g/mol. The first-order valence-corrected chi connectivity index (χ1v) is 9.56. The monoisotopic (exact) mass is 444 g/mol. The van der Waals surface area contributed by atoms with Crippen molar-refractivity contribution >= 4 is 46.4 Å². The van der Waals surface area contributed by atoms with Crippen molar-refractivity contribution in [2.24, 2.45) is 0 Å². The maximum Gasteiger partial charge on any atom is 0.257 e. The van der Waals surface area contributed by atoms with Crippen LogP contribution in [0.25, 0.3) is 0 Å². The molecule has 2 N–H and O–H groups in total. The van der Waals surface area contributed by atoms with Gasteiger partial charge in [-0.3, -0.25) is 9.59 Å². The predicted octanol–water partition coefficient (Wildman–Crippen LogP) is 5.52. The van der Waals surface area contributed by atoms with E-state index in [0.29, 0.717) is 39.0 Å². The Morgan fingerprint density at radius 1 is 0.767 bits per heavy atom. The molecule has 0 aliphatic heterocycles. The summed E-state index contributed by atoms with van der Waals surface area (Å²) in [6.45, 7) is 0. The van der Waals surface area contributed by atoms with E-state index < -0.39 is 5.91 Å². The summed E-state index contributed by atoms with van der Waals surface area (Å²) in [5.74, 6) is 0.259. The third kappa shape index (κ3) is 5.23.